The van der Waals surface area contributed by atoms with E-state index in [2.05, 4.69) is 79.6 Å². The first-order chi connectivity index (χ1) is 8.77. The Hall–Kier alpha value is -1.34. The van der Waals surface area contributed by atoms with Crippen LogP contribution >= 0.6 is 0 Å². The zero-order valence-corrected chi connectivity index (χ0v) is 13.1. The van der Waals surface area contributed by atoms with Crippen molar-refractivity contribution >= 4 is 0 Å². The predicted molar refractivity (Wildman–Crippen MR) is 94.1 cm³/mol. The summed E-state index contributed by atoms with van der Waals surface area (Å²) in [7, 11) is 0. The van der Waals surface area contributed by atoms with E-state index in [1.165, 1.54) is 25.7 Å². The highest BCUT2D eigenvalue weighted by molar-refractivity contribution is 4.51. The molecule has 0 bridgehead atoms. The Labute approximate surface area is 117 Å². The van der Waals surface area contributed by atoms with Gasteiger partial charge in [0.2, 0.25) is 0 Å². The molecule has 0 fully saturated rings. The van der Waals surface area contributed by atoms with Crippen molar-refractivity contribution in [1.82, 2.24) is 0 Å². The maximum absolute atomic E-state index is 5.53. The van der Waals surface area contributed by atoms with Gasteiger partial charge in [-0.15, -0.1) is 65.8 Å². The summed E-state index contributed by atoms with van der Waals surface area (Å²) in [6, 6.07) is 0.404. The number of unbranched alkanes of at least 4 members (excludes halogenated alkanes) is 2. The van der Waals surface area contributed by atoms with E-state index in [1.807, 2.05) is 0 Å². The lowest BCUT2D eigenvalue weighted by Gasteiger charge is -2.01. The highest BCUT2D eigenvalue weighted by atomic mass is 14.6. The first-order valence-electron chi connectivity index (χ1n) is 6.03. The molecule has 0 aromatic heterocycles. The van der Waals surface area contributed by atoms with Crippen molar-refractivity contribution < 1.29 is 0 Å². The van der Waals surface area contributed by atoms with Crippen molar-refractivity contribution in [2.24, 2.45) is 5.73 Å². The Morgan fingerprint density at radius 2 is 1.00 bits per heavy atom. The predicted octanol–water partition coefficient (Wildman–Crippen LogP) is 5.92. The lowest BCUT2D eigenvalue weighted by molar-refractivity contribution is 0.592. The highest BCUT2D eigenvalue weighted by Gasteiger charge is 1.90. The summed E-state index contributed by atoms with van der Waals surface area (Å²) in [6.45, 7) is 34.3. The van der Waals surface area contributed by atoms with E-state index in [-0.39, 0.29) is 0 Å². The van der Waals surface area contributed by atoms with Gasteiger partial charge in [0.25, 0.3) is 0 Å². The van der Waals surface area contributed by atoms with Crippen LogP contribution in [0.25, 0.3) is 0 Å². The van der Waals surface area contributed by atoms with Crippen LogP contribution in [0.4, 0.5) is 0 Å². The van der Waals surface area contributed by atoms with Crippen molar-refractivity contribution in [2.45, 2.75) is 45.6 Å². The third kappa shape index (κ3) is 204. The van der Waals surface area contributed by atoms with Crippen molar-refractivity contribution in [3.05, 3.63) is 65.8 Å². The van der Waals surface area contributed by atoms with Gasteiger partial charge in [0.15, 0.2) is 0 Å². The quantitative estimate of drug-likeness (QED) is 0.489. The summed E-state index contributed by atoms with van der Waals surface area (Å²) >= 11 is 0. The molecule has 0 aliphatic rings. The highest BCUT2D eigenvalue weighted by Crippen LogP contribution is 1.99. The minimum absolute atomic E-state index is 0.404. The van der Waals surface area contributed by atoms with Crippen LogP contribution in [0.15, 0.2) is 65.8 Å². The molecule has 0 aromatic carbocycles. The molecule has 0 aromatic rings. The molecule has 0 aliphatic heterocycles. The van der Waals surface area contributed by atoms with Crippen LogP contribution in [0.2, 0.25) is 0 Å². The van der Waals surface area contributed by atoms with E-state index in [1.54, 1.807) is 0 Å². The number of rotatable bonds is 4. The zero-order valence-electron chi connectivity index (χ0n) is 13.1. The second-order valence-corrected chi connectivity index (χ2v) is 2.47. The average Bonchev–Trinajstić information content (AvgIpc) is 2.49. The molecular formula is C17H37N. The monoisotopic (exact) mass is 255 g/mol. The molecular weight excluding hydrogens is 218 g/mol. The van der Waals surface area contributed by atoms with Crippen LogP contribution < -0.4 is 5.73 Å². The largest absolute Gasteiger partial charge is 0.328 e. The second-order valence-electron chi connectivity index (χ2n) is 2.47. The second kappa shape index (κ2) is 105. The Morgan fingerprint density at radius 3 is 1.17 bits per heavy atom. The first-order valence-corrected chi connectivity index (χ1v) is 6.03. The Bertz CT molecular complexity index is 78.0. The maximum atomic E-state index is 5.53. The summed E-state index contributed by atoms with van der Waals surface area (Å²) in [6.07, 6.45) is 5.12. The summed E-state index contributed by atoms with van der Waals surface area (Å²) in [4.78, 5) is 0. The molecule has 0 heterocycles. The van der Waals surface area contributed by atoms with Crippen molar-refractivity contribution in [3.8, 4) is 0 Å². The SMILES string of the molecule is C=C.C=C.C=C.C=C.C=C.CCCCCC(C)N. The summed E-state index contributed by atoms with van der Waals surface area (Å²) in [5.74, 6) is 0. The molecule has 0 saturated heterocycles. The van der Waals surface area contributed by atoms with E-state index in [0.29, 0.717) is 6.04 Å². The van der Waals surface area contributed by atoms with E-state index in [0.717, 1.165) is 0 Å². The molecule has 1 nitrogen and oxygen atoms in total. The zero-order chi connectivity index (χ0) is 16.4. The minimum Gasteiger partial charge on any atom is -0.328 e. The van der Waals surface area contributed by atoms with Gasteiger partial charge in [-0.1, -0.05) is 26.2 Å². The smallest absolute Gasteiger partial charge is 0.00104 e. The van der Waals surface area contributed by atoms with Gasteiger partial charge in [-0.3, -0.25) is 0 Å². The van der Waals surface area contributed by atoms with Gasteiger partial charge in [-0.25, -0.2) is 0 Å². The van der Waals surface area contributed by atoms with E-state index < -0.39 is 0 Å². The van der Waals surface area contributed by atoms with Gasteiger partial charge in [0, 0.05) is 6.04 Å². The van der Waals surface area contributed by atoms with Crippen LogP contribution in [0, 0.1) is 0 Å². The third-order valence-electron chi connectivity index (χ3n) is 1.26. The molecule has 0 spiro atoms. The van der Waals surface area contributed by atoms with Gasteiger partial charge >= 0.3 is 0 Å². The van der Waals surface area contributed by atoms with Crippen LogP contribution in [0.3, 0.4) is 0 Å². The molecule has 18 heavy (non-hydrogen) atoms. The van der Waals surface area contributed by atoms with Crippen molar-refractivity contribution in [2.75, 3.05) is 0 Å². The minimum atomic E-state index is 0.404. The lowest BCUT2D eigenvalue weighted by Crippen LogP contribution is -2.13. The summed E-state index contributed by atoms with van der Waals surface area (Å²) in [5.41, 5.74) is 5.53. The van der Waals surface area contributed by atoms with E-state index >= 15 is 0 Å². The lowest BCUT2D eigenvalue weighted by atomic mass is 10.1. The van der Waals surface area contributed by atoms with Crippen LogP contribution in [0.5, 0.6) is 0 Å². The fourth-order valence-corrected chi connectivity index (χ4v) is 0.716. The molecule has 1 atom stereocenters. The molecule has 0 radical (unpaired) electrons. The molecule has 0 aliphatic carbocycles. The molecule has 0 saturated carbocycles. The molecule has 1 unspecified atom stereocenters. The fourth-order valence-electron chi connectivity index (χ4n) is 0.716. The molecule has 2 N–H and O–H groups in total. The number of hydrogen-bond donors (Lipinski definition) is 1. The number of nitrogens with two attached hydrogens (primary N) is 1. The molecule has 0 rings (SSSR count). The van der Waals surface area contributed by atoms with Crippen LogP contribution in [0.1, 0.15) is 39.5 Å². The van der Waals surface area contributed by atoms with Gasteiger partial charge in [0.1, 0.15) is 0 Å². The Morgan fingerprint density at radius 1 is 0.722 bits per heavy atom. The van der Waals surface area contributed by atoms with Crippen LogP contribution in [-0.4, -0.2) is 6.04 Å². The summed E-state index contributed by atoms with van der Waals surface area (Å²) < 4.78 is 0. The fraction of sp³-hybridized carbons (Fsp3) is 0.412. The van der Waals surface area contributed by atoms with Gasteiger partial charge in [0.05, 0.1) is 0 Å². The standard InChI is InChI=1S/C7H17N.5C2H4/c1-3-4-5-6-7(2)8;5*1-2/h7H,3-6,8H2,1-2H3;5*1-2H2. The van der Waals surface area contributed by atoms with Gasteiger partial charge in [-0.05, 0) is 13.3 Å². The van der Waals surface area contributed by atoms with Crippen LogP contribution in [-0.2, 0) is 0 Å². The third-order valence-corrected chi connectivity index (χ3v) is 1.26. The van der Waals surface area contributed by atoms with E-state index in [9.17, 15) is 0 Å². The van der Waals surface area contributed by atoms with E-state index in [4.69, 9.17) is 5.73 Å². The summed E-state index contributed by atoms with van der Waals surface area (Å²) in [5, 5.41) is 0. The maximum Gasteiger partial charge on any atom is 0.00104 e. The van der Waals surface area contributed by atoms with Crippen molar-refractivity contribution in [1.29, 1.82) is 0 Å². The van der Waals surface area contributed by atoms with Gasteiger partial charge < -0.3 is 5.73 Å². The van der Waals surface area contributed by atoms with Crippen molar-refractivity contribution in [3.63, 3.8) is 0 Å². The first kappa shape index (κ1) is 36.0. The average molecular weight is 255 g/mol. The number of hydrogen-bond acceptors (Lipinski definition) is 1. The Balaban J connectivity index is -0.0000000304. The molecule has 0 amide bonds. The van der Waals surface area contributed by atoms with Gasteiger partial charge in [-0.2, -0.15) is 0 Å². The topological polar surface area (TPSA) is 26.0 Å². The molecule has 110 valence electrons. The molecule has 1 heteroatoms. The Kier molecular flexibility index (Phi) is 210. The normalized spacial score (nSPS) is 7.28.